The van der Waals surface area contributed by atoms with Crippen LogP contribution in [0.15, 0.2) is 0 Å². The average Bonchev–Trinajstić information content (AvgIpc) is 1.85. The van der Waals surface area contributed by atoms with Crippen molar-refractivity contribution in [3.63, 3.8) is 0 Å². The van der Waals surface area contributed by atoms with Crippen molar-refractivity contribution in [1.82, 2.24) is 4.72 Å². The lowest BCUT2D eigenvalue weighted by Crippen LogP contribution is -2.42. The minimum atomic E-state index is -1.27. The second-order valence-corrected chi connectivity index (χ2v) is 5.62. The van der Waals surface area contributed by atoms with E-state index in [1.54, 1.807) is 0 Å². The Labute approximate surface area is 77.2 Å². The van der Waals surface area contributed by atoms with Gasteiger partial charge in [0.05, 0.1) is 11.4 Å². The first kappa shape index (κ1) is 11.8. The van der Waals surface area contributed by atoms with Gasteiger partial charge in [0, 0.05) is 6.42 Å². The van der Waals surface area contributed by atoms with Crippen LogP contribution in [0.5, 0.6) is 0 Å². The first-order chi connectivity index (χ1) is 5.38. The third-order valence-electron chi connectivity index (χ3n) is 1.24. The molecule has 0 aliphatic rings. The molecular formula is C8H17NO2S. The van der Waals surface area contributed by atoms with Gasteiger partial charge in [-0.3, -0.25) is 4.79 Å². The van der Waals surface area contributed by atoms with E-state index in [-0.39, 0.29) is 10.7 Å². The lowest BCUT2D eigenvalue weighted by molar-refractivity contribution is -0.119. The number of hydrogen-bond donors (Lipinski definition) is 1. The highest BCUT2D eigenvalue weighted by atomic mass is 32.2. The molecule has 72 valence electrons. The van der Waals surface area contributed by atoms with Crippen molar-refractivity contribution in [3.05, 3.63) is 0 Å². The third kappa shape index (κ3) is 4.62. The first-order valence-corrected chi connectivity index (χ1v) is 5.24. The van der Waals surface area contributed by atoms with E-state index in [2.05, 4.69) is 4.72 Å². The molecule has 1 N–H and O–H groups in total. The Morgan fingerprint density at radius 3 is 2.33 bits per heavy atom. The minimum absolute atomic E-state index is 0.134. The molecule has 3 nitrogen and oxygen atoms in total. The van der Waals surface area contributed by atoms with Crippen LogP contribution in [0.1, 0.15) is 40.5 Å². The molecule has 0 aromatic carbocycles. The zero-order valence-corrected chi connectivity index (χ0v) is 8.96. The fraction of sp³-hybridized carbons (Fsp3) is 0.875. The maximum atomic E-state index is 11.3. The second-order valence-electron chi connectivity index (χ2n) is 3.66. The van der Waals surface area contributed by atoms with Gasteiger partial charge in [-0.15, -0.1) is 0 Å². The summed E-state index contributed by atoms with van der Waals surface area (Å²) in [5.74, 6) is -0.134. The van der Waals surface area contributed by atoms with Gasteiger partial charge in [0.15, 0.2) is 0 Å². The van der Waals surface area contributed by atoms with Gasteiger partial charge in [0.25, 0.3) is 5.91 Å². The Hall–Kier alpha value is -0.220. The average molecular weight is 191 g/mol. The van der Waals surface area contributed by atoms with Crippen molar-refractivity contribution in [2.45, 2.75) is 45.3 Å². The predicted octanol–water partition coefficient (Wildman–Crippen LogP) is 1.36. The number of carbonyl (C=O) groups excluding carboxylic acids is 1. The van der Waals surface area contributed by atoms with E-state index in [0.717, 1.165) is 6.42 Å². The molecule has 0 aliphatic heterocycles. The largest absolute Gasteiger partial charge is 0.593 e. The number of carbonyl (C=O) groups is 1. The molecule has 0 heterocycles. The van der Waals surface area contributed by atoms with Gasteiger partial charge < -0.3 is 4.55 Å². The van der Waals surface area contributed by atoms with Crippen molar-refractivity contribution in [2.75, 3.05) is 0 Å². The summed E-state index contributed by atoms with van der Waals surface area (Å²) < 4.78 is 13.4. The van der Waals surface area contributed by atoms with Crippen LogP contribution in [0, 0.1) is 0 Å². The lowest BCUT2D eigenvalue weighted by atomic mass is 10.3. The Morgan fingerprint density at radius 2 is 2.00 bits per heavy atom. The highest BCUT2D eigenvalue weighted by Crippen LogP contribution is 2.12. The van der Waals surface area contributed by atoms with Crippen LogP contribution in [0.2, 0.25) is 0 Å². The van der Waals surface area contributed by atoms with E-state index in [0.29, 0.717) is 6.42 Å². The summed E-state index contributed by atoms with van der Waals surface area (Å²) in [4.78, 5) is 11.0. The van der Waals surface area contributed by atoms with Crippen LogP contribution in [0.25, 0.3) is 0 Å². The van der Waals surface area contributed by atoms with Gasteiger partial charge in [0.1, 0.15) is 4.75 Å². The van der Waals surface area contributed by atoms with Gasteiger partial charge in [-0.2, -0.15) is 4.72 Å². The molecule has 0 saturated carbocycles. The molecule has 0 aromatic rings. The summed E-state index contributed by atoms with van der Waals surface area (Å²) in [6, 6.07) is 0. The summed E-state index contributed by atoms with van der Waals surface area (Å²) in [6.07, 6.45) is 1.23. The van der Waals surface area contributed by atoms with E-state index < -0.39 is 11.4 Å². The summed E-state index contributed by atoms with van der Waals surface area (Å²) in [7, 11) is 0. The monoisotopic (exact) mass is 191 g/mol. The zero-order valence-electron chi connectivity index (χ0n) is 8.14. The van der Waals surface area contributed by atoms with Crippen molar-refractivity contribution < 1.29 is 9.35 Å². The molecule has 0 aromatic heterocycles. The van der Waals surface area contributed by atoms with Crippen molar-refractivity contribution in [2.24, 2.45) is 0 Å². The van der Waals surface area contributed by atoms with E-state index in [9.17, 15) is 9.35 Å². The molecule has 0 fully saturated rings. The highest BCUT2D eigenvalue weighted by Gasteiger charge is 2.27. The molecular weight excluding hydrogens is 174 g/mol. The molecule has 0 aliphatic carbocycles. The van der Waals surface area contributed by atoms with E-state index in [1.165, 1.54) is 0 Å². The predicted molar refractivity (Wildman–Crippen MR) is 50.9 cm³/mol. The standard InChI is InChI=1S/C8H17NO2S/c1-5-6-7(10)9-12(11)8(2,3)4/h5-6H2,1-4H3,(H,9,10). The number of rotatable bonds is 3. The Kier molecular flexibility index (Phi) is 4.63. The van der Waals surface area contributed by atoms with Crippen LogP contribution in [-0.4, -0.2) is 15.2 Å². The summed E-state index contributed by atoms with van der Waals surface area (Å²) in [5.41, 5.74) is 0. The number of nitrogens with one attached hydrogen (secondary N) is 1. The topological polar surface area (TPSA) is 52.2 Å². The van der Waals surface area contributed by atoms with Gasteiger partial charge in [-0.25, -0.2) is 0 Å². The van der Waals surface area contributed by atoms with Gasteiger partial charge in [-0.1, -0.05) is 6.92 Å². The van der Waals surface area contributed by atoms with Crippen molar-refractivity contribution in [3.8, 4) is 0 Å². The summed E-state index contributed by atoms with van der Waals surface area (Å²) in [5, 5.41) is 0. The quantitative estimate of drug-likeness (QED) is 0.685. The maximum absolute atomic E-state index is 11.3. The van der Waals surface area contributed by atoms with Crippen LogP contribution < -0.4 is 4.72 Å². The van der Waals surface area contributed by atoms with E-state index in [1.807, 2.05) is 27.7 Å². The van der Waals surface area contributed by atoms with Crippen LogP contribution >= 0.6 is 0 Å². The fourth-order valence-electron chi connectivity index (χ4n) is 0.535. The molecule has 1 amide bonds. The fourth-order valence-corrected chi connectivity index (χ4v) is 1.15. The van der Waals surface area contributed by atoms with Crippen molar-refractivity contribution in [1.29, 1.82) is 0 Å². The molecule has 1 atom stereocenters. The first-order valence-electron chi connectivity index (χ1n) is 4.09. The molecule has 4 heteroatoms. The normalized spacial score (nSPS) is 14.1. The SMILES string of the molecule is CCCC(=O)N[S+]([O-])C(C)(C)C. The summed E-state index contributed by atoms with van der Waals surface area (Å²) >= 11 is -1.27. The van der Waals surface area contributed by atoms with Gasteiger partial charge >= 0.3 is 0 Å². The molecule has 0 rings (SSSR count). The molecule has 0 spiro atoms. The maximum Gasteiger partial charge on any atom is 0.261 e. The lowest BCUT2D eigenvalue weighted by Gasteiger charge is -2.22. The summed E-state index contributed by atoms with van der Waals surface area (Å²) in [6.45, 7) is 7.40. The smallest absolute Gasteiger partial charge is 0.261 e. The number of amides is 1. The van der Waals surface area contributed by atoms with Crippen LogP contribution in [0.3, 0.4) is 0 Å². The Bertz CT molecular complexity index is 154. The Balaban J connectivity index is 3.84. The zero-order chi connectivity index (χ0) is 9.78. The van der Waals surface area contributed by atoms with E-state index in [4.69, 9.17) is 0 Å². The number of hydrogen-bond acceptors (Lipinski definition) is 2. The molecule has 1 unspecified atom stereocenters. The van der Waals surface area contributed by atoms with E-state index >= 15 is 0 Å². The van der Waals surface area contributed by atoms with Crippen molar-refractivity contribution >= 4 is 17.3 Å². The molecule has 0 saturated heterocycles. The third-order valence-corrected chi connectivity index (χ3v) is 2.77. The van der Waals surface area contributed by atoms with Crippen LogP contribution in [0.4, 0.5) is 0 Å². The Morgan fingerprint density at radius 1 is 1.50 bits per heavy atom. The second kappa shape index (κ2) is 4.72. The van der Waals surface area contributed by atoms with Crippen LogP contribution in [-0.2, 0) is 16.2 Å². The molecule has 0 bridgehead atoms. The van der Waals surface area contributed by atoms with Gasteiger partial charge in [-0.05, 0) is 27.2 Å². The minimum Gasteiger partial charge on any atom is -0.593 e. The molecule has 0 radical (unpaired) electrons. The van der Waals surface area contributed by atoms with Gasteiger partial charge in [0.2, 0.25) is 0 Å². The highest BCUT2D eigenvalue weighted by molar-refractivity contribution is 7.91. The molecule has 12 heavy (non-hydrogen) atoms.